The van der Waals surface area contributed by atoms with Crippen LogP contribution in [0.15, 0.2) is 18.2 Å². The first-order valence-corrected chi connectivity index (χ1v) is 11.7. The number of carbonyl (C=O) groups is 1. The summed E-state index contributed by atoms with van der Waals surface area (Å²) in [5.74, 6) is 1.69. The average molecular weight is 486 g/mol. The molecule has 0 radical (unpaired) electrons. The lowest BCUT2D eigenvalue weighted by Gasteiger charge is -2.56. The lowest BCUT2D eigenvalue weighted by atomic mass is 9.54. The zero-order valence-corrected chi connectivity index (χ0v) is 18.8. The number of hydrogen-bond donors (Lipinski definition) is 2. The van der Waals surface area contributed by atoms with Gasteiger partial charge < -0.3 is 20.5 Å². The Morgan fingerprint density at radius 1 is 1.15 bits per heavy atom. The van der Waals surface area contributed by atoms with Crippen molar-refractivity contribution >= 4 is 17.3 Å². The minimum atomic E-state index is -4.93. The quantitative estimate of drug-likeness (QED) is 0.290. The van der Waals surface area contributed by atoms with Gasteiger partial charge in [-0.3, -0.25) is 14.9 Å². The summed E-state index contributed by atoms with van der Waals surface area (Å²) in [6.45, 7) is 1.07. The zero-order chi connectivity index (χ0) is 24.5. The third-order valence-electron chi connectivity index (χ3n) is 7.29. The van der Waals surface area contributed by atoms with Gasteiger partial charge in [0.1, 0.15) is 5.56 Å². The van der Waals surface area contributed by atoms with Crippen molar-refractivity contribution in [2.24, 2.45) is 23.5 Å². The third kappa shape index (κ3) is 5.69. The van der Waals surface area contributed by atoms with Gasteiger partial charge in [-0.05, 0) is 74.8 Å². The van der Waals surface area contributed by atoms with Crippen molar-refractivity contribution in [2.75, 3.05) is 25.1 Å². The molecule has 1 aromatic rings. The molecule has 0 aliphatic heterocycles. The molecule has 34 heavy (non-hydrogen) atoms. The van der Waals surface area contributed by atoms with E-state index in [1.54, 1.807) is 0 Å². The molecule has 8 nitrogen and oxygen atoms in total. The van der Waals surface area contributed by atoms with Crippen LogP contribution >= 0.6 is 0 Å². The van der Waals surface area contributed by atoms with Gasteiger partial charge >= 0.3 is 6.18 Å². The van der Waals surface area contributed by atoms with E-state index < -0.39 is 34.3 Å². The number of nitro groups is 1. The Morgan fingerprint density at radius 2 is 1.76 bits per heavy atom. The number of anilines is 1. The number of amides is 1. The van der Waals surface area contributed by atoms with Crippen LogP contribution in [0.4, 0.5) is 24.5 Å². The van der Waals surface area contributed by atoms with E-state index in [2.05, 4.69) is 5.32 Å². The van der Waals surface area contributed by atoms with Gasteiger partial charge in [0.2, 0.25) is 5.91 Å². The summed E-state index contributed by atoms with van der Waals surface area (Å²) in [4.78, 5) is 22.0. The molecule has 188 valence electrons. The number of nitrogens with one attached hydrogen (secondary N) is 1. The van der Waals surface area contributed by atoms with E-state index in [9.17, 15) is 28.1 Å². The Kier molecular flexibility index (Phi) is 7.16. The molecular weight excluding hydrogens is 455 g/mol. The molecule has 4 aliphatic carbocycles. The summed E-state index contributed by atoms with van der Waals surface area (Å²) >= 11 is 0. The molecule has 3 N–H and O–H groups in total. The lowest BCUT2D eigenvalue weighted by Crippen LogP contribution is -2.52. The summed E-state index contributed by atoms with van der Waals surface area (Å²) in [6.07, 6.45) is 2.69. The van der Waals surface area contributed by atoms with Crippen LogP contribution in [-0.4, -0.2) is 42.3 Å². The lowest BCUT2D eigenvalue weighted by molar-refractivity contribution is -0.388. The fourth-order valence-electron chi connectivity index (χ4n) is 6.20. The second kappa shape index (κ2) is 9.79. The molecule has 4 fully saturated rings. The van der Waals surface area contributed by atoms with Crippen LogP contribution in [-0.2, 0) is 20.4 Å². The van der Waals surface area contributed by atoms with Crippen LogP contribution in [0, 0.1) is 27.9 Å². The predicted molar refractivity (Wildman–Crippen MR) is 117 cm³/mol. The highest BCUT2D eigenvalue weighted by Crippen LogP contribution is 2.57. The van der Waals surface area contributed by atoms with Crippen molar-refractivity contribution < 1.29 is 32.4 Å². The monoisotopic (exact) mass is 485 g/mol. The predicted octanol–water partition coefficient (Wildman–Crippen LogP) is 4.27. The first-order valence-electron chi connectivity index (χ1n) is 11.7. The number of alkyl halides is 3. The van der Waals surface area contributed by atoms with Gasteiger partial charge in [0.15, 0.2) is 0 Å². The smallest absolute Gasteiger partial charge is 0.379 e. The second-order valence-corrected chi connectivity index (χ2v) is 9.93. The number of hydrogen-bond acceptors (Lipinski definition) is 6. The number of rotatable bonds is 10. The highest BCUT2D eigenvalue weighted by Gasteiger charge is 2.51. The molecule has 5 rings (SSSR count). The van der Waals surface area contributed by atoms with Crippen LogP contribution < -0.4 is 11.1 Å². The highest BCUT2D eigenvalue weighted by molar-refractivity contribution is 5.94. The molecule has 0 saturated heterocycles. The summed E-state index contributed by atoms with van der Waals surface area (Å²) in [7, 11) is 0. The van der Waals surface area contributed by atoms with E-state index in [1.165, 1.54) is 19.3 Å². The van der Waals surface area contributed by atoms with Gasteiger partial charge in [0.05, 0.1) is 29.8 Å². The van der Waals surface area contributed by atoms with Crippen LogP contribution in [0.2, 0.25) is 0 Å². The Labute approximate surface area is 195 Å². The molecule has 0 heterocycles. The standard InChI is InChI=1S/C23H30F3N3O5/c24-23(25,26)18-10-17(1-2-20(18)29(31)32)28-21(30)19(27)3-4-33-5-6-34-22-11-14-7-15(12-22)9-16(8-14)13-22/h1-2,10,14-16,19H,3-9,11-13,27H2,(H,28,30)/t14?,15?,16?,19-,22?/m0/s1. The van der Waals surface area contributed by atoms with Gasteiger partial charge in [-0.1, -0.05) is 0 Å². The van der Waals surface area contributed by atoms with Crippen molar-refractivity contribution in [1.29, 1.82) is 0 Å². The molecule has 1 amide bonds. The average Bonchev–Trinajstić information content (AvgIpc) is 2.74. The van der Waals surface area contributed by atoms with Crippen molar-refractivity contribution in [3.05, 3.63) is 33.9 Å². The number of nitro benzene ring substituents is 1. The number of benzene rings is 1. The van der Waals surface area contributed by atoms with Crippen LogP contribution in [0.5, 0.6) is 0 Å². The molecule has 1 atom stereocenters. The number of ether oxygens (including phenoxy) is 2. The van der Waals surface area contributed by atoms with Gasteiger partial charge in [-0.15, -0.1) is 0 Å². The van der Waals surface area contributed by atoms with E-state index in [-0.39, 0.29) is 24.3 Å². The van der Waals surface area contributed by atoms with E-state index in [4.69, 9.17) is 15.2 Å². The first kappa shape index (κ1) is 24.9. The Hall–Kier alpha value is -2.24. The van der Waals surface area contributed by atoms with Crippen molar-refractivity contribution in [1.82, 2.24) is 0 Å². The van der Waals surface area contributed by atoms with Crippen molar-refractivity contribution in [3.8, 4) is 0 Å². The second-order valence-electron chi connectivity index (χ2n) is 9.93. The van der Waals surface area contributed by atoms with Crippen LogP contribution in [0.3, 0.4) is 0 Å². The van der Waals surface area contributed by atoms with E-state index in [0.717, 1.165) is 43.1 Å². The summed E-state index contributed by atoms with van der Waals surface area (Å²) in [5, 5.41) is 13.1. The SMILES string of the molecule is N[C@@H](CCOCCOC12CC3CC(CC(C3)C1)C2)C(=O)Nc1ccc([N+](=O)[O-])c(C(F)(F)F)c1. The maximum Gasteiger partial charge on any atom is 0.423 e. The Bertz CT molecular complexity index is 888. The summed E-state index contributed by atoms with van der Waals surface area (Å²) < 4.78 is 51.1. The minimum absolute atomic E-state index is 0.00836. The first-order chi connectivity index (χ1) is 16.0. The Morgan fingerprint density at radius 3 is 2.32 bits per heavy atom. The van der Waals surface area contributed by atoms with Crippen LogP contribution in [0.1, 0.15) is 50.5 Å². The Balaban J connectivity index is 1.18. The highest BCUT2D eigenvalue weighted by atomic mass is 19.4. The van der Waals surface area contributed by atoms with Gasteiger partial charge in [0.25, 0.3) is 5.69 Å². The van der Waals surface area contributed by atoms with E-state index in [0.29, 0.717) is 25.3 Å². The minimum Gasteiger partial charge on any atom is -0.379 e. The number of nitrogens with two attached hydrogens (primary N) is 1. The summed E-state index contributed by atoms with van der Waals surface area (Å²) in [5.41, 5.74) is 3.10. The number of halogens is 3. The normalized spacial score (nSPS) is 28.6. The topological polar surface area (TPSA) is 117 Å². The molecule has 0 aromatic heterocycles. The van der Waals surface area contributed by atoms with Gasteiger partial charge in [0, 0.05) is 18.4 Å². The maximum absolute atomic E-state index is 13.1. The van der Waals surface area contributed by atoms with Crippen molar-refractivity contribution in [3.63, 3.8) is 0 Å². The summed E-state index contributed by atoms with van der Waals surface area (Å²) in [6, 6.07) is 1.27. The molecule has 0 unspecified atom stereocenters. The molecule has 0 spiro atoms. The largest absolute Gasteiger partial charge is 0.423 e. The molecule has 4 aliphatic rings. The van der Waals surface area contributed by atoms with Gasteiger partial charge in [-0.2, -0.15) is 13.2 Å². The molecule has 4 bridgehead atoms. The third-order valence-corrected chi connectivity index (χ3v) is 7.29. The molecule has 4 saturated carbocycles. The van der Waals surface area contributed by atoms with Crippen LogP contribution in [0.25, 0.3) is 0 Å². The van der Waals surface area contributed by atoms with Crippen molar-refractivity contribution in [2.45, 2.75) is 62.8 Å². The fourth-order valence-corrected chi connectivity index (χ4v) is 6.20. The zero-order valence-electron chi connectivity index (χ0n) is 18.8. The molecule has 1 aromatic carbocycles. The van der Waals surface area contributed by atoms with E-state index in [1.807, 2.05) is 0 Å². The maximum atomic E-state index is 13.1. The van der Waals surface area contributed by atoms with Gasteiger partial charge in [-0.25, -0.2) is 0 Å². The number of nitrogens with zero attached hydrogens (tertiary/aromatic N) is 1. The molecule has 11 heteroatoms. The fraction of sp³-hybridized carbons (Fsp3) is 0.696. The molecular formula is C23H30F3N3O5. The number of carbonyl (C=O) groups excluding carboxylic acids is 1. The van der Waals surface area contributed by atoms with E-state index >= 15 is 0 Å².